The molecule has 0 saturated carbocycles. The van der Waals surface area contributed by atoms with Crippen LogP contribution in [0.2, 0.25) is 5.02 Å². The van der Waals surface area contributed by atoms with Gasteiger partial charge in [-0.3, -0.25) is 4.79 Å². The van der Waals surface area contributed by atoms with E-state index < -0.39 is 5.54 Å². The first-order valence-electron chi connectivity index (χ1n) is 4.90. The molecule has 17 heavy (non-hydrogen) atoms. The third kappa shape index (κ3) is 2.38. The predicted molar refractivity (Wildman–Crippen MR) is 69.3 cm³/mol. The van der Waals surface area contributed by atoms with Crippen LogP contribution in [-0.4, -0.2) is 20.2 Å². The highest BCUT2D eigenvalue weighted by atomic mass is 35.5. The summed E-state index contributed by atoms with van der Waals surface area (Å²) in [6, 6.07) is 3.43. The van der Waals surface area contributed by atoms with E-state index in [4.69, 9.17) is 17.3 Å². The summed E-state index contributed by atoms with van der Waals surface area (Å²) in [6.45, 7) is 3.24. The smallest absolute Gasteiger partial charge is 0.243 e. The number of nitrogens with one attached hydrogen (secondary N) is 1. The lowest BCUT2D eigenvalue weighted by molar-refractivity contribution is -0.120. The second kappa shape index (κ2) is 4.21. The number of carbonyl (C=O) groups excluding carboxylic acids is 1. The molecule has 7 heteroatoms. The third-order valence-corrected chi connectivity index (χ3v) is 3.06. The molecule has 1 aromatic heterocycles. The summed E-state index contributed by atoms with van der Waals surface area (Å²) in [5.41, 5.74) is 6.47. The van der Waals surface area contributed by atoms with Gasteiger partial charge >= 0.3 is 0 Å². The second-order valence-corrected chi connectivity index (χ2v) is 5.17. The zero-order chi connectivity index (χ0) is 12.6. The van der Waals surface area contributed by atoms with Gasteiger partial charge in [-0.25, -0.2) is 0 Å². The van der Waals surface area contributed by atoms with Gasteiger partial charge in [0.2, 0.25) is 5.91 Å². The fourth-order valence-corrected chi connectivity index (χ4v) is 1.96. The Bertz CT molecular complexity index is 575. The average molecular weight is 271 g/mol. The van der Waals surface area contributed by atoms with Crippen LogP contribution in [-0.2, 0) is 4.79 Å². The molecule has 0 saturated heterocycles. The molecule has 1 heterocycles. The summed E-state index contributed by atoms with van der Waals surface area (Å²) in [6.07, 6.45) is 0. The standard InChI is InChI=1S/C10H11ClN4OS/c1-10(2,12)9(16)13-7-5(11)3-4-6-8(7)15-17-14-6/h3-4H,12H2,1-2H3,(H,13,16). The van der Waals surface area contributed by atoms with Gasteiger partial charge in [0, 0.05) is 0 Å². The van der Waals surface area contributed by atoms with Crippen molar-refractivity contribution in [3.8, 4) is 0 Å². The quantitative estimate of drug-likeness (QED) is 0.875. The number of nitrogens with two attached hydrogens (primary N) is 1. The Morgan fingerprint density at radius 3 is 2.82 bits per heavy atom. The maximum atomic E-state index is 11.8. The van der Waals surface area contributed by atoms with Crippen LogP contribution in [0.1, 0.15) is 13.8 Å². The van der Waals surface area contributed by atoms with Crippen LogP contribution in [0.25, 0.3) is 11.0 Å². The summed E-state index contributed by atoms with van der Waals surface area (Å²) in [5.74, 6) is -0.320. The number of aromatic nitrogens is 2. The summed E-state index contributed by atoms with van der Waals surface area (Å²) in [5, 5.41) is 3.11. The van der Waals surface area contributed by atoms with E-state index in [9.17, 15) is 4.79 Å². The number of hydrogen-bond acceptors (Lipinski definition) is 5. The van der Waals surface area contributed by atoms with Gasteiger partial charge in [-0.15, -0.1) is 0 Å². The van der Waals surface area contributed by atoms with Crippen LogP contribution in [0, 0.1) is 0 Å². The summed E-state index contributed by atoms with van der Waals surface area (Å²) >= 11 is 7.10. The van der Waals surface area contributed by atoms with Gasteiger partial charge in [0.25, 0.3) is 0 Å². The monoisotopic (exact) mass is 270 g/mol. The Hall–Kier alpha value is -1.24. The summed E-state index contributed by atoms with van der Waals surface area (Å²) < 4.78 is 8.18. The first-order valence-corrected chi connectivity index (χ1v) is 6.01. The van der Waals surface area contributed by atoms with Crippen LogP contribution in [0.3, 0.4) is 0 Å². The summed E-state index contributed by atoms with van der Waals surface area (Å²) in [7, 11) is 0. The maximum absolute atomic E-state index is 11.8. The van der Waals surface area contributed by atoms with E-state index in [1.807, 2.05) is 0 Å². The molecule has 2 rings (SSSR count). The molecule has 0 fully saturated rings. The minimum absolute atomic E-state index is 0.320. The highest BCUT2D eigenvalue weighted by Crippen LogP contribution is 2.30. The van der Waals surface area contributed by atoms with E-state index in [0.29, 0.717) is 21.7 Å². The van der Waals surface area contributed by atoms with E-state index in [2.05, 4.69) is 14.1 Å². The zero-order valence-electron chi connectivity index (χ0n) is 9.32. The molecule has 5 nitrogen and oxygen atoms in total. The predicted octanol–water partition coefficient (Wildman–Crippen LogP) is 2.02. The first kappa shape index (κ1) is 12.2. The molecule has 0 radical (unpaired) electrons. The molecule has 0 aliphatic rings. The van der Waals surface area contributed by atoms with Crippen LogP contribution < -0.4 is 11.1 Å². The van der Waals surface area contributed by atoms with Gasteiger partial charge in [0.1, 0.15) is 11.0 Å². The lowest BCUT2D eigenvalue weighted by atomic mass is 10.1. The number of halogens is 1. The lowest BCUT2D eigenvalue weighted by Gasteiger charge is -2.18. The van der Waals surface area contributed by atoms with Crippen molar-refractivity contribution in [1.29, 1.82) is 0 Å². The van der Waals surface area contributed by atoms with Crippen molar-refractivity contribution in [3.05, 3.63) is 17.2 Å². The molecule has 0 aliphatic carbocycles. The third-order valence-electron chi connectivity index (χ3n) is 2.20. The molecule has 0 unspecified atom stereocenters. The van der Waals surface area contributed by atoms with Gasteiger partial charge in [-0.2, -0.15) is 8.75 Å². The second-order valence-electron chi connectivity index (χ2n) is 4.23. The van der Waals surface area contributed by atoms with E-state index in [1.54, 1.807) is 26.0 Å². The molecule has 1 amide bonds. The van der Waals surface area contributed by atoms with E-state index in [0.717, 1.165) is 11.7 Å². The van der Waals surface area contributed by atoms with Crippen molar-refractivity contribution in [1.82, 2.24) is 8.75 Å². The first-order chi connectivity index (χ1) is 7.89. The van der Waals surface area contributed by atoms with Gasteiger partial charge in [-0.05, 0) is 26.0 Å². The van der Waals surface area contributed by atoms with E-state index in [-0.39, 0.29) is 5.91 Å². The Morgan fingerprint density at radius 2 is 2.18 bits per heavy atom. The zero-order valence-corrected chi connectivity index (χ0v) is 10.9. The van der Waals surface area contributed by atoms with Gasteiger partial charge in [-0.1, -0.05) is 11.6 Å². The van der Waals surface area contributed by atoms with Gasteiger partial charge in [0.15, 0.2) is 0 Å². The molecule has 0 bridgehead atoms. The number of carbonyl (C=O) groups is 1. The molecule has 3 N–H and O–H groups in total. The Morgan fingerprint density at radius 1 is 1.47 bits per heavy atom. The van der Waals surface area contributed by atoms with Crippen LogP contribution in [0.5, 0.6) is 0 Å². The largest absolute Gasteiger partial charge is 0.321 e. The maximum Gasteiger partial charge on any atom is 0.243 e. The van der Waals surface area contributed by atoms with Gasteiger partial charge < -0.3 is 11.1 Å². The molecular formula is C10H11ClN4OS. The van der Waals surface area contributed by atoms with Crippen LogP contribution in [0.4, 0.5) is 5.69 Å². The highest BCUT2D eigenvalue weighted by molar-refractivity contribution is 7.00. The number of anilines is 1. The Labute approximate surface area is 107 Å². The van der Waals surface area contributed by atoms with Gasteiger partial charge in [0.05, 0.1) is 28.0 Å². The van der Waals surface area contributed by atoms with Crippen LogP contribution >= 0.6 is 23.3 Å². The molecular weight excluding hydrogens is 260 g/mol. The van der Waals surface area contributed by atoms with Crippen molar-refractivity contribution < 1.29 is 4.79 Å². The molecule has 90 valence electrons. The molecule has 0 spiro atoms. The van der Waals surface area contributed by atoms with E-state index in [1.165, 1.54) is 0 Å². The van der Waals surface area contributed by atoms with E-state index >= 15 is 0 Å². The van der Waals surface area contributed by atoms with Crippen molar-refractivity contribution in [2.45, 2.75) is 19.4 Å². The topological polar surface area (TPSA) is 80.9 Å². The number of rotatable bonds is 2. The fourth-order valence-electron chi connectivity index (χ4n) is 1.22. The summed E-state index contributed by atoms with van der Waals surface area (Å²) in [4.78, 5) is 11.8. The van der Waals surface area contributed by atoms with Crippen molar-refractivity contribution in [2.75, 3.05) is 5.32 Å². The number of benzene rings is 1. The average Bonchev–Trinajstić information content (AvgIpc) is 2.68. The Balaban J connectivity index is 2.45. The molecule has 0 atom stereocenters. The Kier molecular flexibility index (Phi) is 3.03. The highest BCUT2D eigenvalue weighted by Gasteiger charge is 2.24. The molecule has 1 aromatic carbocycles. The number of nitrogens with zero attached hydrogens (tertiary/aromatic N) is 2. The van der Waals surface area contributed by atoms with Crippen molar-refractivity contribution >= 4 is 46.0 Å². The number of fused-ring (bicyclic) bond motifs is 1. The molecule has 2 aromatic rings. The van der Waals surface area contributed by atoms with Crippen LogP contribution in [0.15, 0.2) is 12.1 Å². The van der Waals surface area contributed by atoms with Crippen molar-refractivity contribution in [3.63, 3.8) is 0 Å². The number of amides is 1. The SMILES string of the molecule is CC(C)(N)C(=O)Nc1c(Cl)ccc2nsnc12. The lowest BCUT2D eigenvalue weighted by Crippen LogP contribution is -2.45. The minimum Gasteiger partial charge on any atom is -0.321 e. The molecule has 0 aliphatic heterocycles. The normalized spacial score (nSPS) is 11.8. The minimum atomic E-state index is -0.977. The van der Waals surface area contributed by atoms with Crippen molar-refractivity contribution in [2.24, 2.45) is 5.73 Å². The fraction of sp³-hybridized carbons (Fsp3) is 0.300. The number of hydrogen-bond donors (Lipinski definition) is 2.